The third-order valence-electron chi connectivity index (χ3n) is 2.47. The number of isocyanates is 1. The van der Waals surface area contributed by atoms with Crippen LogP contribution in [0.5, 0.6) is 0 Å². The zero-order valence-corrected chi connectivity index (χ0v) is 6.97. The molecule has 1 aliphatic carbocycles. The fraction of sp³-hybridized carbons (Fsp3) is 0.875. The molecule has 0 aromatic rings. The molecular formula is C8H10F3NO. The highest BCUT2D eigenvalue weighted by molar-refractivity contribution is 5.32. The monoisotopic (exact) mass is 193 g/mol. The van der Waals surface area contributed by atoms with Crippen molar-refractivity contribution in [2.45, 2.75) is 25.4 Å². The fourth-order valence-electron chi connectivity index (χ4n) is 1.84. The van der Waals surface area contributed by atoms with Crippen molar-refractivity contribution in [1.29, 1.82) is 0 Å². The van der Waals surface area contributed by atoms with Crippen molar-refractivity contribution in [1.82, 2.24) is 0 Å². The lowest BCUT2D eigenvalue weighted by atomic mass is 9.96. The van der Waals surface area contributed by atoms with E-state index in [4.69, 9.17) is 0 Å². The van der Waals surface area contributed by atoms with E-state index in [1.807, 2.05) is 0 Å². The topological polar surface area (TPSA) is 29.4 Å². The first kappa shape index (κ1) is 10.3. The number of carbonyl (C=O) groups excluding carboxylic acids is 1. The molecule has 0 bridgehead atoms. The van der Waals surface area contributed by atoms with Crippen LogP contribution >= 0.6 is 0 Å². The average Bonchev–Trinajstić information content (AvgIpc) is 2.47. The molecule has 74 valence electrons. The molecule has 5 heteroatoms. The molecule has 0 saturated heterocycles. The van der Waals surface area contributed by atoms with Gasteiger partial charge in [-0.15, -0.1) is 0 Å². The van der Waals surface area contributed by atoms with Crippen LogP contribution in [-0.4, -0.2) is 18.8 Å². The molecule has 0 radical (unpaired) electrons. The van der Waals surface area contributed by atoms with E-state index in [1.165, 1.54) is 6.08 Å². The SMILES string of the molecule is O=C=NCC1CCCC1C(F)(F)F. The summed E-state index contributed by atoms with van der Waals surface area (Å²) < 4.78 is 36.9. The molecule has 1 aliphatic rings. The standard InChI is InChI=1S/C8H10F3NO/c9-8(10,11)7-3-1-2-6(7)4-12-5-13/h6-7H,1-4H2. The molecule has 1 fully saturated rings. The van der Waals surface area contributed by atoms with Crippen LogP contribution in [0.15, 0.2) is 4.99 Å². The van der Waals surface area contributed by atoms with Crippen LogP contribution in [0, 0.1) is 11.8 Å². The van der Waals surface area contributed by atoms with Crippen LogP contribution in [0.2, 0.25) is 0 Å². The predicted octanol–water partition coefficient (Wildman–Crippen LogP) is 2.30. The van der Waals surface area contributed by atoms with Crippen molar-refractivity contribution in [2.75, 3.05) is 6.54 Å². The van der Waals surface area contributed by atoms with Gasteiger partial charge in [0.25, 0.3) is 0 Å². The van der Waals surface area contributed by atoms with Crippen molar-refractivity contribution in [3.63, 3.8) is 0 Å². The van der Waals surface area contributed by atoms with Gasteiger partial charge in [-0.2, -0.15) is 13.2 Å². The Labute approximate surface area is 73.8 Å². The second-order valence-electron chi connectivity index (χ2n) is 3.27. The van der Waals surface area contributed by atoms with E-state index in [0.29, 0.717) is 12.8 Å². The summed E-state index contributed by atoms with van der Waals surface area (Å²) in [5.74, 6) is -1.79. The largest absolute Gasteiger partial charge is 0.392 e. The Morgan fingerprint density at radius 3 is 2.62 bits per heavy atom. The lowest BCUT2D eigenvalue weighted by molar-refractivity contribution is -0.182. The third-order valence-corrected chi connectivity index (χ3v) is 2.47. The molecule has 0 aliphatic heterocycles. The van der Waals surface area contributed by atoms with E-state index in [0.717, 1.165) is 0 Å². The maximum absolute atomic E-state index is 12.3. The predicted molar refractivity (Wildman–Crippen MR) is 39.9 cm³/mol. The van der Waals surface area contributed by atoms with E-state index < -0.39 is 18.0 Å². The summed E-state index contributed by atoms with van der Waals surface area (Å²) in [6.07, 6.45) is -1.61. The van der Waals surface area contributed by atoms with Crippen molar-refractivity contribution >= 4 is 6.08 Å². The van der Waals surface area contributed by atoms with Gasteiger partial charge in [-0.05, 0) is 18.8 Å². The Balaban J connectivity index is 2.58. The van der Waals surface area contributed by atoms with Gasteiger partial charge in [-0.1, -0.05) is 6.42 Å². The Morgan fingerprint density at radius 1 is 1.38 bits per heavy atom. The van der Waals surface area contributed by atoms with Crippen molar-refractivity contribution in [3.8, 4) is 0 Å². The summed E-state index contributed by atoms with van der Waals surface area (Å²) in [4.78, 5) is 13.0. The molecule has 0 spiro atoms. The van der Waals surface area contributed by atoms with Crippen molar-refractivity contribution in [2.24, 2.45) is 16.8 Å². The molecule has 2 atom stereocenters. The maximum Gasteiger partial charge on any atom is 0.392 e. The van der Waals surface area contributed by atoms with Gasteiger partial charge < -0.3 is 0 Å². The molecule has 2 nitrogen and oxygen atoms in total. The van der Waals surface area contributed by atoms with Crippen molar-refractivity contribution in [3.05, 3.63) is 0 Å². The third kappa shape index (κ3) is 2.56. The van der Waals surface area contributed by atoms with Gasteiger partial charge >= 0.3 is 6.18 Å². The molecule has 0 aromatic heterocycles. The van der Waals surface area contributed by atoms with Crippen LogP contribution in [-0.2, 0) is 4.79 Å². The minimum Gasteiger partial charge on any atom is -0.211 e. The Kier molecular flexibility index (Phi) is 3.09. The Bertz CT molecular complexity index is 220. The van der Waals surface area contributed by atoms with Crippen LogP contribution in [0.4, 0.5) is 13.2 Å². The van der Waals surface area contributed by atoms with Crippen LogP contribution in [0.1, 0.15) is 19.3 Å². The highest BCUT2D eigenvalue weighted by Gasteiger charge is 2.46. The van der Waals surface area contributed by atoms with Crippen molar-refractivity contribution < 1.29 is 18.0 Å². The van der Waals surface area contributed by atoms with E-state index >= 15 is 0 Å². The van der Waals surface area contributed by atoms with Crippen LogP contribution in [0.3, 0.4) is 0 Å². The summed E-state index contributed by atoms with van der Waals surface area (Å²) >= 11 is 0. The van der Waals surface area contributed by atoms with Crippen LogP contribution in [0.25, 0.3) is 0 Å². The van der Waals surface area contributed by atoms with Gasteiger partial charge in [-0.3, -0.25) is 0 Å². The van der Waals surface area contributed by atoms with Gasteiger partial charge in [0, 0.05) is 0 Å². The molecule has 0 aromatic carbocycles. The molecular weight excluding hydrogens is 183 g/mol. The fourth-order valence-corrected chi connectivity index (χ4v) is 1.84. The maximum atomic E-state index is 12.3. The zero-order chi connectivity index (χ0) is 9.90. The molecule has 1 rings (SSSR count). The van der Waals surface area contributed by atoms with Gasteiger partial charge in [-0.25, -0.2) is 9.79 Å². The summed E-state index contributed by atoms with van der Waals surface area (Å²) in [5, 5.41) is 0. The van der Waals surface area contributed by atoms with E-state index in [9.17, 15) is 18.0 Å². The smallest absolute Gasteiger partial charge is 0.211 e. The summed E-state index contributed by atoms with van der Waals surface area (Å²) in [6, 6.07) is 0. The summed E-state index contributed by atoms with van der Waals surface area (Å²) in [5.41, 5.74) is 0. The van der Waals surface area contributed by atoms with E-state index in [2.05, 4.69) is 4.99 Å². The van der Waals surface area contributed by atoms with E-state index in [-0.39, 0.29) is 13.0 Å². The van der Waals surface area contributed by atoms with Gasteiger partial charge in [0.15, 0.2) is 0 Å². The highest BCUT2D eigenvalue weighted by atomic mass is 19.4. The van der Waals surface area contributed by atoms with Gasteiger partial charge in [0.1, 0.15) is 0 Å². The number of hydrogen-bond donors (Lipinski definition) is 0. The molecule has 0 amide bonds. The Hall–Kier alpha value is -0.830. The Morgan fingerprint density at radius 2 is 2.08 bits per heavy atom. The van der Waals surface area contributed by atoms with E-state index in [1.54, 1.807) is 0 Å². The first-order chi connectivity index (χ1) is 6.05. The minimum atomic E-state index is -4.14. The summed E-state index contributed by atoms with van der Waals surface area (Å²) in [6.45, 7) is -0.0341. The zero-order valence-electron chi connectivity index (χ0n) is 6.97. The number of alkyl halides is 3. The van der Waals surface area contributed by atoms with Crippen LogP contribution < -0.4 is 0 Å². The van der Waals surface area contributed by atoms with Gasteiger partial charge in [0.2, 0.25) is 6.08 Å². The summed E-state index contributed by atoms with van der Waals surface area (Å²) in [7, 11) is 0. The van der Waals surface area contributed by atoms with Gasteiger partial charge in [0.05, 0.1) is 12.5 Å². The highest BCUT2D eigenvalue weighted by Crippen LogP contribution is 2.42. The molecule has 2 unspecified atom stereocenters. The normalized spacial score (nSPS) is 28.5. The molecule has 0 heterocycles. The number of hydrogen-bond acceptors (Lipinski definition) is 2. The quantitative estimate of drug-likeness (QED) is 0.488. The molecule has 13 heavy (non-hydrogen) atoms. The average molecular weight is 193 g/mol. The number of halogens is 3. The lowest BCUT2D eigenvalue weighted by Crippen LogP contribution is -2.27. The first-order valence-corrected chi connectivity index (χ1v) is 4.16. The minimum absolute atomic E-state index is 0.0341. The number of aliphatic imine (C=N–C) groups is 1. The molecule has 0 N–H and O–H groups in total. The lowest BCUT2D eigenvalue weighted by Gasteiger charge is -2.20. The number of nitrogens with zero attached hydrogens (tertiary/aromatic N) is 1. The second kappa shape index (κ2) is 3.92. The number of rotatable bonds is 2. The first-order valence-electron chi connectivity index (χ1n) is 4.16. The second-order valence-corrected chi connectivity index (χ2v) is 3.27. The molecule has 1 saturated carbocycles.